The zero-order valence-corrected chi connectivity index (χ0v) is 10.7. The number of esters is 1. The van der Waals surface area contributed by atoms with Crippen molar-refractivity contribution in [1.29, 1.82) is 0 Å². The molecule has 0 heterocycles. The maximum absolute atomic E-state index is 11.1. The van der Waals surface area contributed by atoms with Crippen molar-refractivity contribution in [2.24, 2.45) is 0 Å². The molecule has 0 bridgehead atoms. The van der Waals surface area contributed by atoms with Crippen LogP contribution in [0.1, 0.15) is 6.92 Å². The summed E-state index contributed by atoms with van der Waals surface area (Å²) in [7, 11) is 0. The van der Waals surface area contributed by atoms with Gasteiger partial charge in [0, 0.05) is 6.54 Å². The van der Waals surface area contributed by atoms with Crippen molar-refractivity contribution in [1.82, 2.24) is 5.32 Å². The van der Waals surface area contributed by atoms with Gasteiger partial charge in [-0.2, -0.15) is 0 Å². The molecule has 0 aliphatic rings. The number of hydrogen-bond acceptors (Lipinski definition) is 3. The number of ether oxygens (including phenoxy) is 1. The summed E-state index contributed by atoms with van der Waals surface area (Å²) in [6.45, 7) is 2.73. The molecule has 0 radical (unpaired) electrons. The molecule has 15 heavy (non-hydrogen) atoms. The Morgan fingerprint density at radius 2 is 2.40 bits per heavy atom. The van der Waals surface area contributed by atoms with Gasteiger partial charge in [-0.1, -0.05) is 30.2 Å². The van der Waals surface area contributed by atoms with Gasteiger partial charge in [0.15, 0.2) is 0 Å². The number of halogens is 1. The van der Waals surface area contributed by atoms with Crippen LogP contribution in [0.4, 0.5) is 0 Å². The highest BCUT2D eigenvalue weighted by Gasteiger charge is 2.05. The molecule has 0 aliphatic carbocycles. The third-order valence-electron chi connectivity index (χ3n) is 1.34. The molecule has 1 unspecified atom stereocenters. The summed E-state index contributed by atoms with van der Waals surface area (Å²) >= 11 is 1.87. The summed E-state index contributed by atoms with van der Waals surface area (Å²) in [5.41, 5.74) is 0. The summed E-state index contributed by atoms with van der Waals surface area (Å²) in [4.78, 5) is 11.1. The molecule has 0 fully saturated rings. The van der Waals surface area contributed by atoms with Crippen molar-refractivity contribution in [2.75, 3.05) is 13.1 Å². The van der Waals surface area contributed by atoms with Gasteiger partial charge >= 0.3 is 5.97 Å². The highest BCUT2D eigenvalue weighted by Crippen LogP contribution is 1.99. The zero-order chi connectivity index (χ0) is 11.5. The van der Waals surface area contributed by atoms with E-state index in [2.05, 4.69) is 11.2 Å². The van der Waals surface area contributed by atoms with Crippen LogP contribution in [0.3, 0.4) is 0 Å². The molecule has 1 atom stereocenters. The van der Waals surface area contributed by atoms with Gasteiger partial charge in [-0.3, -0.25) is 4.79 Å². The Bertz CT molecular complexity index is 279. The first kappa shape index (κ1) is 14.2. The van der Waals surface area contributed by atoms with Crippen LogP contribution in [0.25, 0.3) is 0 Å². The van der Waals surface area contributed by atoms with E-state index in [1.807, 2.05) is 53.8 Å². The number of terminal acetylenes is 1. The second-order valence-corrected chi connectivity index (χ2v) is 3.69. The molecule has 3 nitrogen and oxygen atoms in total. The highest BCUT2D eigenvalue weighted by molar-refractivity contribution is 14.1. The predicted octanol–water partition coefficient (Wildman–Crippen LogP) is 1.65. The van der Waals surface area contributed by atoms with E-state index in [1.165, 1.54) is 0 Å². The fraction of sp³-hybridized carbons (Fsp3) is 0.364. The topological polar surface area (TPSA) is 38.3 Å². The van der Waals surface area contributed by atoms with E-state index >= 15 is 0 Å². The molecule has 4 heteroatoms. The van der Waals surface area contributed by atoms with E-state index < -0.39 is 4.11 Å². The Labute approximate surface area is 104 Å². The number of alkyl halides is 1. The Morgan fingerprint density at radius 3 is 3.00 bits per heavy atom. The van der Waals surface area contributed by atoms with E-state index in [-0.39, 0.29) is 12.5 Å². The lowest BCUT2D eigenvalue weighted by molar-refractivity contribution is -0.141. The molecule has 0 aromatic heterocycles. The number of rotatable bonds is 6. The predicted molar refractivity (Wildman–Crippen MR) is 69.6 cm³/mol. The van der Waals surface area contributed by atoms with Crippen LogP contribution in [0, 0.1) is 12.3 Å². The molecular weight excluding hydrogens is 305 g/mol. The molecule has 0 spiro atoms. The Kier molecular flexibility index (Phi) is 9.22. The van der Waals surface area contributed by atoms with Crippen LogP contribution in [0.15, 0.2) is 24.3 Å². The second kappa shape index (κ2) is 9.74. The molecule has 0 saturated heterocycles. The minimum Gasteiger partial charge on any atom is -0.438 e. The van der Waals surface area contributed by atoms with Crippen molar-refractivity contribution in [3.63, 3.8) is 0 Å². The second-order valence-electron chi connectivity index (χ2n) is 2.56. The van der Waals surface area contributed by atoms with Gasteiger partial charge in [0.2, 0.25) is 4.11 Å². The van der Waals surface area contributed by atoms with Crippen LogP contribution >= 0.6 is 22.6 Å². The van der Waals surface area contributed by atoms with Crippen molar-refractivity contribution < 1.29 is 9.53 Å². The molecule has 0 aliphatic heterocycles. The molecule has 0 saturated carbocycles. The summed E-state index contributed by atoms with van der Waals surface area (Å²) in [5, 5.41) is 2.91. The summed E-state index contributed by atoms with van der Waals surface area (Å²) in [6.07, 6.45) is 12.7. The van der Waals surface area contributed by atoms with Gasteiger partial charge in [0.05, 0.1) is 6.54 Å². The average Bonchev–Trinajstić information content (AvgIpc) is 2.23. The Hall–Kier alpha value is -0.800. The van der Waals surface area contributed by atoms with Gasteiger partial charge < -0.3 is 10.1 Å². The normalized spacial score (nSPS) is 12.9. The molecule has 0 aromatic rings. The number of allylic oxidation sites excluding steroid dienone is 3. The van der Waals surface area contributed by atoms with Crippen LogP contribution in [-0.4, -0.2) is 23.2 Å². The molecule has 0 aromatic carbocycles. The summed E-state index contributed by atoms with van der Waals surface area (Å²) < 4.78 is 4.35. The van der Waals surface area contributed by atoms with Crippen LogP contribution in [0.2, 0.25) is 0 Å². The van der Waals surface area contributed by atoms with E-state index in [0.717, 1.165) is 0 Å². The largest absolute Gasteiger partial charge is 0.438 e. The lowest BCUT2D eigenvalue weighted by Gasteiger charge is -2.05. The lowest BCUT2D eigenvalue weighted by atomic mass is 10.4. The standard InChI is InChI=1S/C11H14INO2/c1-3-5-6-7-8-13-9-11(14)15-10(12)4-2/h2-3,5-7,10,13H,8-9H2,1H3. The van der Waals surface area contributed by atoms with Gasteiger partial charge in [-0.15, -0.1) is 6.42 Å². The molecular formula is C11H14INO2. The van der Waals surface area contributed by atoms with E-state index in [1.54, 1.807) is 0 Å². The van der Waals surface area contributed by atoms with Gasteiger partial charge in [-0.25, -0.2) is 0 Å². The summed E-state index contributed by atoms with van der Waals surface area (Å²) in [6, 6.07) is 0. The van der Waals surface area contributed by atoms with Crippen molar-refractivity contribution in [3.8, 4) is 12.3 Å². The van der Waals surface area contributed by atoms with Crippen molar-refractivity contribution in [3.05, 3.63) is 24.3 Å². The van der Waals surface area contributed by atoms with Crippen LogP contribution in [0.5, 0.6) is 0 Å². The monoisotopic (exact) mass is 319 g/mol. The average molecular weight is 319 g/mol. The fourth-order valence-corrected chi connectivity index (χ4v) is 0.990. The van der Waals surface area contributed by atoms with Crippen LogP contribution < -0.4 is 5.32 Å². The number of nitrogens with one attached hydrogen (secondary N) is 1. The third kappa shape index (κ3) is 9.50. The Morgan fingerprint density at radius 1 is 1.67 bits per heavy atom. The number of carbonyl (C=O) groups excluding carboxylic acids is 1. The van der Waals surface area contributed by atoms with Crippen LogP contribution in [-0.2, 0) is 9.53 Å². The summed E-state index contributed by atoms with van der Waals surface area (Å²) in [5.74, 6) is 1.97. The smallest absolute Gasteiger partial charge is 0.321 e. The SMILES string of the molecule is C#CC(I)OC(=O)CNCC=CC=CC. The minimum atomic E-state index is -0.490. The zero-order valence-electron chi connectivity index (χ0n) is 8.57. The molecule has 0 amide bonds. The first-order valence-electron chi connectivity index (χ1n) is 4.49. The van der Waals surface area contributed by atoms with E-state index in [0.29, 0.717) is 6.54 Å². The first-order chi connectivity index (χ1) is 7.20. The molecule has 0 rings (SSSR count). The van der Waals surface area contributed by atoms with Gasteiger partial charge in [0.1, 0.15) is 0 Å². The maximum atomic E-state index is 11.1. The molecule has 1 N–H and O–H groups in total. The minimum absolute atomic E-state index is 0.168. The first-order valence-corrected chi connectivity index (χ1v) is 5.73. The molecule has 82 valence electrons. The van der Waals surface area contributed by atoms with Gasteiger partial charge in [-0.05, 0) is 29.5 Å². The van der Waals surface area contributed by atoms with Crippen molar-refractivity contribution in [2.45, 2.75) is 11.0 Å². The van der Waals surface area contributed by atoms with Crippen molar-refractivity contribution >= 4 is 28.6 Å². The number of hydrogen-bond donors (Lipinski definition) is 1. The van der Waals surface area contributed by atoms with E-state index in [4.69, 9.17) is 11.2 Å². The number of carbonyl (C=O) groups is 1. The third-order valence-corrected chi connectivity index (χ3v) is 1.95. The van der Waals surface area contributed by atoms with E-state index in [9.17, 15) is 4.79 Å². The lowest BCUT2D eigenvalue weighted by Crippen LogP contribution is -2.26. The quantitative estimate of drug-likeness (QED) is 0.202. The Balaban J connectivity index is 3.52. The highest BCUT2D eigenvalue weighted by atomic mass is 127. The van der Waals surface area contributed by atoms with Gasteiger partial charge in [0.25, 0.3) is 0 Å². The maximum Gasteiger partial charge on any atom is 0.321 e. The fourth-order valence-electron chi connectivity index (χ4n) is 0.706.